The number of nitrogens with one attached hydrogen (secondary N) is 9. The molecule has 1 aliphatic rings. The molecule has 1 aliphatic heterocycles. The Hall–Kier alpha value is -7.61. The molecule has 15 N–H and O–H groups in total. The summed E-state index contributed by atoms with van der Waals surface area (Å²) < 4.78 is 0. The van der Waals surface area contributed by atoms with Crippen molar-refractivity contribution in [2.75, 3.05) is 18.1 Å². The number of rotatable bonds is 28. The van der Waals surface area contributed by atoms with Gasteiger partial charge in [-0.15, -0.1) is 0 Å². The van der Waals surface area contributed by atoms with E-state index < -0.39 is 102 Å². The van der Waals surface area contributed by atoms with E-state index in [4.69, 9.17) is 17.2 Å². The monoisotopic (exact) mass is 1050 g/mol. The molecule has 0 bridgehead atoms. The average molecular weight is 1050 g/mol. The first-order chi connectivity index (χ1) is 34.9. The number of primary amides is 1. The second kappa shape index (κ2) is 27.3. The number of H-pyrrole nitrogens is 2. The summed E-state index contributed by atoms with van der Waals surface area (Å²) >= 11 is 8.34. The van der Waals surface area contributed by atoms with Crippen molar-refractivity contribution in [3.8, 4) is 0 Å². The van der Waals surface area contributed by atoms with E-state index in [1.807, 2.05) is 24.3 Å². The number of fused-ring (bicyclic) bond motifs is 1. The van der Waals surface area contributed by atoms with Crippen molar-refractivity contribution in [2.24, 2.45) is 22.2 Å². The molecule has 24 nitrogen and oxygen atoms in total. The van der Waals surface area contributed by atoms with Gasteiger partial charge in [-0.25, -0.2) is 14.7 Å². The Balaban J connectivity index is 1.38. The highest BCUT2D eigenvalue weighted by Gasteiger charge is 2.44. The van der Waals surface area contributed by atoms with Crippen molar-refractivity contribution < 1.29 is 43.2 Å². The second-order valence-electron chi connectivity index (χ2n) is 17.3. The number of urea groups is 1. The third-order valence-electron chi connectivity index (χ3n) is 12.0. The summed E-state index contributed by atoms with van der Waals surface area (Å²) in [6, 6.07) is 5.37. The van der Waals surface area contributed by atoms with Crippen molar-refractivity contribution >= 4 is 95.4 Å². The number of nitrogens with two attached hydrogens (primary N) is 3. The Labute approximate surface area is 431 Å². The van der Waals surface area contributed by atoms with Crippen LogP contribution in [0.1, 0.15) is 56.4 Å². The van der Waals surface area contributed by atoms with Crippen LogP contribution in [0, 0.1) is 0 Å². The number of aromatic amines is 2. The van der Waals surface area contributed by atoms with Crippen LogP contribution in [0.15, 0.2) is 78.3 Å². The molecule has 1 saturated heterocycles. The highest BCUT2D eigenvalue weighted by atomic mass is 32.1. The van der Waals surface area contributed by atoms with Crippen LogP contribution in [0.2, 0.25) is 0 Å². The summed E-state index contributed by atoms with van der Waals surface area (Å²) in [5.41, 5.74) is 19.4. The van der Waals surface area contributed by atoms with Crippen LogP contribution in [0.3, 0.4) is 0 Å². The number of imide groups is 1. The molecule has 5 rings (SSSR count). The number of aryl methyl sites for hydroxylation is 1. The summed E-state index contributed by atoms with van der Waals surface area (Å²) in [7, 11) is 0. The van der Waals surface area contributed by atoms with Gasteiger partial charge in [-0.3, -0.25) is 43.3 Å². The summed E-state index contributed by atoms with van der Waals surface area (Å²) in [5, 5.41) is 19.3. The number of imidazole rings is 1. The molecular weight excluding hydrogens is 983 g/mol. The zero-order valence-electron chi connectivity index (χ0n) is 40.3. The number of aromatic nitrogens is 3. The molecule has 1 fully saturated rings. The maximum atomic E-state index is 14.6. The van der Waals surface area contributed by atoms with Crippen LogP contribution < -0.4 is 54.4 Å². The number of carbonyl (C=O) groups is 9. The Morgan fingerprint density at radius 2 is 1.33 bits per heavy atom. The fourth-order valence-electron chi connectivity index (χ4n) is 7.93. The average Bonchev–Trinajstić information content (AvgIpc) is 4.11. The number of para-hydroxylation sites is 1. The predicted octanol–water partition coefficient (Wildman–Crippen LogP) is -1.66. The zero-order valence-corrected chi connectivity index (χ0v) is 42.0. The van der Waals surface area contributed by atoms with Crippen molar-refractivity contribution in [2.45, 2.75) is 107 Å². The lowest BCUT2D eigenvalue weighted by molar-refractivity contribution is -0.137. The van der Waals surface area contributed by atoms with E-state index in [2.05, 4.69) is 82.4 Å². The molecule has 2 aromatic carbocycles. The van der Waals surface area contributed by atoms with Gasteiger partial charge in [0.15, 0.2) is 5.96 Å². The van der Waals surface area contributed by atoms with Gasteiger partial charge in [0.05, 0.1) is 6.33 Å². The fraction of sp³-hybridized carbons (Fsp3) is 0.426. The first-order valence-electron chi connectivity index (χ1n) is 23.5. The van der Waals surface area contributed by atoms with E-state index in [-0.39, 0.29) is 62.5 Å². The summed E-state index contributed by atoms with van der Waals surface area (Å²) in [6.07, 6.45) is 5.08. The number of thiol groups is 2. The molecule has 8 atom stereocenters. The molecule has 26 heteroatoms. The lowest BCUT2D eigenvalue weighted by Crippen LogP contribution is -2.60. The molecule has 4 aromatic rings. The number of hydrogen-bond acceptors (Lipinski definition) is 13. The van der Waals surface area contributed by atoms with Crippen molar-refractivity contribution in [1.29, 1.82) is 0 Å². The lowest BCUT2D eigenvalue weighted by Gasteiger charge is -2.28. The normalized spacial score (nSPS) is 16.1. The highest BCUT2D eigenvalue weighted by molar-refractivity contribution is 7.80. The lowest BCUT2D eigenvalue weighted by atomic mass is 10.0. The van der Waals surface area contributed by atoms with Crippen LogP contribution in [-0.4, -0.2) is 145 Å². The number of guanidine groups is 1. The number of amides is 10. The molecule has 0 unspecified atom stereocenters. The van der Waals surface area contributed by atoms with Gasteiger partial charge in [0.2, 0.25) is 41.4 Å². The molecular formula is C47H63N15O9S2. The first kappa shape index (κ1) is 56.3. The van der Waals surface area contributed by atoms with Gasteiger partial charge in [-0.1, -0.05) is 55.5 Å². The van der Waals surface area contributed by atoms with Gasteiger partial charge < -0.3 is 64.4 Å². The van der Waals surface area contributed by atoms with Crippen molar-refractivity contribution in [3.63, 3.8) is 0 Å². The molecule has 0 radical (unpaired) electrons. The summed E-state index contributed by atoms with van der Waals surface area (Å²) in [6.45, 7) is 3.10. The van der Waals surface area contributed by atoms with E-state index in [1.165, 1.54) is 19.4 Å². The van der Waals surface area contributed by atoms with E-state index in [0.717, 1.165) is 21.4 Å². The Bertz CT molecular complexity index is 2610. The number of benzene rings is 2. The largest absolute Gasteiger partial charge is 0.370 e. The molecule has 0 saturated carbocycles. The van der Waals surface area contributed by atoms with Crippen LogP contribution in [0.25, 0.3) is 10.9 Å². The molecule has 392 valence electrons. The SMILES string of the molecule is CC[C@@H]1NC(=O)N([C@@H](CS)C(=O)N[C@H](C)C(=O)N[C@@H](Cc2cnc[nH]2)C(=O)N[C@H](Cc2ccccc2)C(=O)N[C@@H](CCCN=C(N)N)C(=O)N[C@@H](CCc2c[nH]c3ccccc23)C(=O)N[C@@H](CS)C(N)=O)C1=O. The van der Waals surface area contributed by atoms with Gasteiger partial charge in [0, 0.05) is 59.9 Å². The predicted molar refractivity (Wildman–Crippen MR) is 276 cm³/mol. The smallest absolute Gasteiger partial charge is 0.325 e. The van der Waals surface area contributed by atoms with Crippen LogP contribution >= 0.6 is 25.3 Å². The molecule has 0 spiro atoms. The molecule has 0 aliphatic carbocycles. The van der Waals surface area contributed by atoms with E-state index >= 15 is 0 Å². The zero-order chi connectivity index (χ0) is 53.2. The van der Waals surface area contributed by atoms with Crippen LogP contribution in [0.5, 0.6) is 0 Å². The molecule has 10 amide bonds. The minimum absolute atomic E-state index is 0.0506. The number of carbonyl (C=O) groups excluding carboxylic acids is 9. The topological polar surface area (TPSA) is 376 Å². The van der Waals surface area contributed by atoms with Crippen molar-refractivity contribution in [1.82, 2.24) is 57.1 Å². The third-order valence-corrected chi connectivity index (χ3v) is 12.7. The summed E-state index contributed by atoms with van der Waals surface area (Å²) in [4.78, 5) is 137. The number of nitrogens with zero attached hydrogens (tertiary/aromatic N) is 3. The molecule has 3 heterocycles. The summed E-state index contributed by atoms with van der Waals surface area (Å²) in [5.74, 6) is -6.90. The fourth-order valence-corrected chi connectivity index (χ4v) is 8.53. The standard InChI is InChI=1S/C47H63N15O9S2/c1-3-30-45(70)62(47(71)61-30)37(23-73)44(69)55-25(2)39(64)58-35(19-28-21-51-24-54-28)43(68)59-34(18-26-10-5-4-6-11-26)42(67)56-32(14-9-17-52-46(49)50)40(65)57-33(41(66)60-36(22-72)38(48)63)16-15-27-20-53-31-13-8-7-12-29(27)31/h4-8,10-13,20-21,24-25,30,32-37,53,72-73H,3,9,14-19,22-23H2,1-2H3,(H2,48,63)(H,51,54)(H,55,69)(H,56,67)(H,57,65)(H,58,64)(H,59,68)(H,60,66)(H,61,71)(H4,49,50,52)/t25-,30+,32+,33+,34-,35+,36+,37+/m1/s1. The maximum absolute atomic E-state index is 14.6. The molecule has 73 heavy (non-hydrogen) atoms. The van der Waals surface area contributed by atoms with Gasteiger partial charge >= 0.3 is 6.03 Å². The highest BCUT2D eigenvalue weighted by Crippen LogP contribution is 2.20. The maximum Gasteiger partial charge on any atom is 0.325 e. The number of aliphatic imine (C=N–C) groups is 1. The Kier molecular flexibility index (Phi) is 21.0. The van der Waals surface area contributed by atoms with Gasteiger partial charge in [0.25, 0.3) is 5.91 Å². The van der Waals surface area contributed by atoms with Crippen LogP contribution in [-0.2, 0) is 57.6 Å². The third kappa shape index (κ3) is 15.9. The van der Waals surface area contributed by atoms with Gasteiger partial charge in [-0.2, -0.15) is 25.3 Å². The second-order valence-corrected chi connectivity index (χ2v) is 18.0. The Morgan fingerprint density at radius 3 is 1.93 bits per heavy atom. The van der Waals surface area contributed by atoms with Gasteiger partial charge in [0.1, 0.15) is 48.3 Å². The van der Waals surface area contributed by atoms with E-state index in [0.29, 0.717) is 17.7 Å². The van der Waals surface area contributed by atoms with E-state index in [9.17, 15) is 43.2 Å². The molecule has 2 aromatic heterocycles. The van der Waals surface area contributed by atoms with Crippen molar-refractivity contribution in [3.05, 3.63) is 90.1 Å². The van der Waals surface area contributed by atoms with Gasteiger partial charge in [-0.05, 0) is 56.2 Å². The number of hydrogen-bond donors (Lipinski definition) is 14. The quantitative estimate of drug-likeness (QED) is 0.01000. The minimum atomic E-state index is -1.40. The first-order valence-corrected chi connectivity index (χ1v) is 24.8. The van der Waals surface area contributed by atoms with Crippen LogP contribution in [0.4, 0.5) is 4.79 Å². The Morgan fingerprint density at radius 1 is 0.726 bits per heavy atom. The minimum Gasteiger partial charge on any atom is -0.370 e. The van der Waals surface area contributed by atoms with E-state index in [1.54, 1.807) is 43.5 Å².